The van der Waals surface area contributed by atoms with Crippen LogP contribution < -0.4 is 16.6 Å². The van der Waals surface area contributed by atoms with Crippen LogP contribution in [0.3, 0.4) is 0 Å². The molecule has 0 saturated carbocycles. The maximum Gasteiger partial charge on any atom is 0.244 e. The number of amides is 1. The van der Waals surface area contributed by atoms with E-state index in [0.29, 0.717) is 10.8 Å². The number of nitrogen functional groups attached to an aromatic ring is 1. The zero-order chi connectivity index (χ0) is 13.0. The summed E-state index contributed by atoms with van der Waals surface area (Å²) in [5.74, 6) is 5.69. The van der Waals surface area contributed by atoms with Crippen molar-refractivity contribution in [3.05, 3.63) is 11.2 Å². The van der Waals surface area contributed by atoms with E-state index in [4.69, 9.17) is 17.4 Å². The van der Waals surface area contributed by atoms with E-state index in [9.17, 15) is 4.79 Å². The minimum atomic E-state index is -0.442. The Kier molecular flexibility index (Phi) is 4.47. The number of likely N-dealkylation sites (N-methyl/N-ethyl adjacent to an activating group) is 1. The third-order valence-corrected chi connectivity index (χ3v) is 2.31. The molecule has 1 aromatic rings. The second kappa shape index (κ2) is 5.65. The molecule has 1 amide bonds. The van der Waals surface area contributed by atoms with E-state index < -0.39 is 6.04 Å². The van der Waals surface area contributed by atoms with Crippen LogP contribution in [-0.4, -0.2) is 40.9 Å². The zero-order valence-corrected chi connectivity index (χ0v) is 10.6. The number of nitrogens with two attached hydrogens (primary N) is 1. The molecule has 1 atom stereocenters. The van der Waals surface area contributed by atoms with E-state index in [-0.39, 0.29) is 11.9 Å². The number of halogens is 1. The van der Waals surface area contributed by atoms with Crippen molar-refractivity contribution in [2.75, 3.05) is 24.8 Å². The summed E-state index contributed by atoms with van der Waals surface area (Å²) < 4.78 is 0. The number of nitrogens with zero attached hydrogens (tertiary/aromatic N) is 3. The van der Waals surface area contributed by atoms with Crippen LogP contribution in [0, 0.1) is 0 Å². The molecule has 1 aromatic heterocycles. The first kappa shape index (κ1) is 13.5. The Balaban J connectivity index is 2.83. The van der Waals surface area contributed by atoms with E-state index in [1.807, 2.05) is 0 Å². The summed E-state index contributed by atoms with van der Waals surface area (Å²) in [7, 11) is 3.35. The highest BCUT2D eigenvalue weighted by Crippen LogP contribution is 2.19. The number of nitrogens with one attached hydrogen (secondary N) is 2. The average molecular weight is 259 g/mol. The number of anilines is 2. The summed E-state index contributed by atoms with van der Waals surface area (Å²) in [6, 6.07) is -0.442. The van der Waals surface area contributed by atoms with Gasteiger partial charge in [0.25, 0.3) is 0 Å². The summed E-state index contributed by atoms with van der Waals surface area (Å²) in [4.78, 5) is 21.0. The molecular weight excluding hydrogens is 244 g/mol. The summed E-state index contributed by atoms with van der Waals surface area (Å²) >= 11 is 5.90. The Morgan fingerprint density at radius 2 is 2.24 bits per heavy atom. The minimum absolute atomic E-state index is 0.0815. The molecule has 0 radical (unpaired) electrons. The molecule has 94 valence electrons. The molecule has 1 heterocycles. The lowest BCUT2D eigenvalue weighted by atomic mass is 10.3. The average Bonchev–Trinajstić information content (AvgIpc) is 2.30. The van der Waals surface area contributed by atoms with Gasteiger partial charge in [-0.05, 0) is 6.92 Å². The first-order valence-electron chi connectivity index (χ1n) is 4.92. The summed E-state index contributed by atoms with van der Waals surface area (Å²) in [5.41, 5.74) is 2.30. The second-order valence-electron chi connectivity index (χ2n) is 3.63. The van der Waals surface area contributed by atoms with Gasteiger partial charge >= 0.3 is 0 Å². The van der Waals surface area contributed by atoms with E-state index >= 15 is 0 Å². The normalized spacial score (nSPS) is 11.8. The maximum atomic E-state index is 11.6. The number of hydrazine groups is 1. The van der Waals surface area contributed by atoms with Crippen molar-refractivity contribution in [2.45, 2.75) is 13.0 Å². The fourth-order valence-corrected chi connectivity index (χ4v) is 1.34. The van der Waals surface area contributed by atoms with E-state index in [1.165, 1.54) is 11.1 Å². The molecule has 0 aliphatic heterocycles. The number of aromatic nitrogens is 2. The molecule has 1 rings (SSSR count). The number of hydrogen-bond acceptors (Lipinski definition) is 6. The van der Waals surface area contributed by atoms with Crippen molar-refractivity contribution in [1.82, 2.24) is 14.9 Å². The van der Waals surface area contributed by atoms with Crippen LogP contribution in [0.2, 0.25) is 5.02 Å². The number of hydrogen-bond donors (Lipinski definition) is 3. The largest absolute Gasteiger partial charge is 0.357 e. The lowest BCUT2D eigenvalue weighted by Gasteiger charge is -2.19. The Bertz CT molecular complexity index is 410. The van der Waals surface area contributed by atoms with Gasteiger partial charge in [0, 0.05) is 14.1 Å². The highest BCUT2D eigenvalue weighted by atomic mass is 35.5. The molecule has 0 fully saturated rings. The highest BCUT2D eigenvalue weighted by Gasteiger charge is 2.16. The standard InChI is InChI=1S/C9H15ClN6O/c1-5(8(17)16(2)3)13-7-6(10)4-12-9(14-7)15-11/h4-5H,11H2,1-3H3,(H2,12,13,14,15). The van der Waals surface area contributed by atoms with Crippen LogP contribution in [0.15, 0.2) is 6.20 Å². The second-order valence-corrected chi connectivity index (χ2v) is 4.04. The smallest absolute Gasteiger partial charge is 0.244 e. The van der Waals surface area contributed by atoms with Crippen molar-refractivity contribution < 1.29 is 4.79 Å². The van der Waals surface area contributed by atoms with E-state index in [2.05, 4.69) is 20.7 Å². The Morgan fingerprint density at radius 1 is 1.59 bits per heavy atom. The predicted molar refractivity (Wildman–Crippen MR) is 66.6 cm³/mol. The predicted octanol–water partition coefficient (Wildman–Crippen LogP) is 0.304. The van der Waals surface area contributed by atoms with Crippen LogP contribution in [0.1, 0.15) is 6.92 Å². The fourth-order valence-electron chi connectivity index (χ4n) is 1.19. The van der Waals surface area contributed by atoms with Gasteiger partial charge in [-0.15, -0.1) is 0 Å². The number of carbonyl (C=O) groups excluding carboxylic acids is 1. The van der Waals surface area contributed by atoms with E-state index in [1.54, 1.807) is 21.0 Å². The first-order chi connectivity index (χ1) is 7.95. The Morgan fingerprint density at radius 3 is 2.76 bits per heavy atom. The van der Waals surface area contributed by atoms with Gasteiger partial charge in [0.15, 0.2) is 5.82 Å². The maximum absolute atomic E-state index is 11.6. The minimum Gasteiger partial charge on any atom is -0.357 e. The van der Waals surface area contributed by atoms with Crippen molar-refractivity contribution in [3.8, 4) is 0 Å². The molecular formula is C9H15ClN6O. The monoisotopic (exact) mass is 258 g/mol. The summed E-state index contributed by atoms with van der Waals surface area (Å²) in [6.45, 7) is 1.72. The lowest BCUT2D eigenvalue weighted by Crippen LogP contribution is -2.37. The van der Waals surface area contributed by atoms with Crippen molar-refractivity contribution >= 4 is 29.3 Å². The number of carbonyl (C=O) groups is 1. The molecule has 0 aliphatic carbocycles. The Hall–Kier alpha value is -1.60. The van der Waals surface area contributed by atoms with Crippen molar-refractivity contribution in [3.63, 3.8) is 0 Å². The topological polar surface area (TPSA) is 96.2 Å². The third-order valence-electron chi connectivity index (χ3n) is 2.04. The molecule has 0 bridgehead atoms. The van der Waals surface area contributed by atoms with Gasteiger partial charge in [-0.3, -0.25) is 10.2 Å². The molecule has 17 heavy (non-hydrogen) atoms. The lowest BCUT2D eigenvalue weighted by molar-refractivity contribution is -0.129. The molecule has 8 heteroatoms. The highest BCUT2D eigenvalue weighted by molar-refractivity contribution is 6.32. The van der Waals surface area contributed by atoms with Gasteiger partial charge in [0.2, 0.25) is 11.9 Å². The molecule has 0 saturated heterocycles. The number of rotatable bonds is 4. The molecule has 1 unspecified atom stereocenters. The first-order valence-corrected chi connectivity index (χ1v) is 5.30. The van der Waals surface area contributed by atoms with Crippen molar-refractivity contribution in [1.29, 1.82) is 0 Å². The van der Waals surface area contributed by atoms with Gasteiger partial charge in [-0.25, -0.2) is 10.8 Å². The van der Waals surface area contributed by atoms with Crippen LogP contribution in [0.5, 0.6) is 0 Å². The Labute approximate surface area is 104 Å². The molecule has 0 aliphatic rings. The third kappa shape index (κ3) is 3.43. The van der Waals surface area contributed by atoms with Crippen LogP contribution in [0.4, 0.5) is 11.8 Å². The van der Waals surface area contributed by atoms with Crippen molar-refractivity contribution in [2.24, 2.45) is 5.84 Å². The van der Waals surface area contributed by atoms with Gasteiger partial charge in [-0.2, -0.15) is 4.98 Å². The zero-order valence-electron chi connectivity index (χ0n) is 9.86. The summed E-state index contributed by atoms with van der Waals surface area (Å²) in [6.07, 6.45) is 1.40. The SMILES string of the molecule is CC(Nc1nc(NN)ncc1Cl)C(=O)N(C)C. The molecule has 0 spiro atoms. The summed E-state index contributed by atoms with van der Waals surface area (Å²) in [5, 5.41) is 3.22. The van der Waals surface area contributed by atoms with Crippen LogP contribution in [0.25, 0.3) is 0 Å². The van der Waals surface area contributed by atoms with E-state index in [0.717, 1.165) is 0 Å². The quantitative estimate of drug-likeness (QED) is 0.531. The fraction of sp³-hybridized carbons (Fsp3) is 0.444. The van der Waals surface area contributed by atoms with Crippen LogP contribution >= 0.6 is 11.6 Å². The molecule has 7 nitrogen and oxygen atoms in total. The van der Waals surface area contributed by atoms with Gasteiger partial charge < -0.3 is 10.2 Å². The van der Waals surface area contributed by atoms with Gasteiger partial charge in [-0.1, -0.05) is 11.6 Å². The molecule has 4 N–H and O–H groups in total. The van der Waals surface area contributed by atoms with Gasteiger partial charge in [0.05, 0.1) is 6.20 Å². The van der Waals surface area contributed by atoms with Gasteiger partial charge in [0.1, 0.15) is 11.1 Å². The van der Waals surface area contributed by atoms with Crippen LogP contribution in [-0.2, 0) is 4.79 Å². The molecule has 0 aromatic carbocycles.